The molecule has 0 aliphatic carbocycles. The van der Waals surface area contributed by atoms with Gasteiger partial charge in [-0.05, 0) is 41.8 Å². The molecular formula is C24H28IN3O3. The molecule has 0 unspecified atom stereocenters. The van der Waals surface area contributed by atoms with Crippen LogP contribution in [-0.4, -0.2) is 26.7 Å². The highest BCUT2D eigenvalue weighted by Gasteiger charge is 2.06. The van der Waals surface area contributed by atoms with Gasteiger partial charge in [0, 0.05) is 12.6 Å². The Balaban J connectivity index is 0.00000341. The summed E-state index contributed by atoms with van der Waals surface area (Å²) in [4.78, 5) is 4.41. The number of hydrogen-bond acceptors (Lipinski definition) is 4. The minimum absolute atomic E-state index is 0. The van der Waals surface area contributed by atoms with Gasteiger partial charge >= 0.3 is 0 Å². The summed E-state index contributed by atoms with van der Waals surface area (Å²) in [5.41, 5.74) is 9.02. The minimum atomic E-state index is 0. The molecule has 0 aliphatic heterocycles. The molecular weight excluding hydrogens is 505 g/mol. The summed E-state index contributed by atoms with van der Waals surface area (Å²) in [6, 6.07) is 23.6. The number of nitrogens with zero attached hydrogens (tertiary/aromatic N) is 1. The number of aliphatic imine (C=N–C) groups is 1. The Morgan fingerprint density at radius 2 is 1.65 bits per heavy atom. The second-order valence-electron chi connectivity index (χ2n) is 6.63. The Morgan fingerprint density at radius 3 is 2.39 bits per heavy atom. The third-order valence-corrected chi connectivity index (χ3v) is 4.50. The summed E-state index contributed by atoms with van der Waals surface area (Å²) in [5.74, 6) is 2.53. The van der Waals surface area contributed by atoms with Crippen LogP contribution in [0.5, 0.6) is 17.2 Å². The van der Waals surface area contributed by atoms with Gasteiger partial charge < -0.3 is 25.3 Å². The van der Waals surface area contributed by atoms with Crippen molar-refractivity contribution in [1.82, 2.24) is 0 Å². The van der Waals surface area contributed by atoms with Crippen LogP contribution < -0.4 is 25.3 Å². The lowest BCUT2D eigenvalue weighted by Gasteiger charge is -2.12. The number of ether oxygens (including phenoxy) is 3. The summed E-state index contributed by atoms with van der Waals surface area (Å²) >= 11 is 0. The maximum Gasteiger partial charge on any atom is 0.193 e. The van der Waals surface area contributed by atoms with E-state index in [0.717, 1.165) is 23.3 Å². The van der Waals surface area contributed by atoms with Crippen LogP contribution in [0.1, 0.15) is 11.1 Å². The van der Waals surface area contributed by atoms with Crippen LogP contribution in [0.2, 0.25) is 0 Å². The van der Waals surface area contributed by atoms with Gasteiger partial charge in [0.05, 0.1) is 19.9 Å². The highest BCUT2D eigenvalue weighted by Crippen LogP contribution is 2.28. The van der Waals surface area contributed by atoms with Crippen molar-refractivity contribution in [2.45, 2.75) is 13.0 Å². The monoisotopic (exact) mass is 533 g/mol. The standard InChI is InChI=1S/C24H27N3O3.HI/c1-28-20-11-12-23(29-2)22(16-20)27-24(25)26-14-13-18-9-6-10-21(15-18)30-17-19-7-4-3-5-8-19;/h3-12,15-16H,13-14,17H2,1-2H3,(H3,25,26,27);1H. The second kappa shape index (κ2) is 12.7. The van der Waals surface area contributed by atoms with E-state index in [4.69, 9.17) is 19.9 Å². The normalized spacial score (nSPS) is 10.7. The molecule has 6 nitrogen and oxygen atoms in total. The molecule has 0 saturated heterocycles. The van der Waals surface area contributed by atoms with Crippen molar-refractivity contribution in [2.75, 3.05) is 26.1 Å². The second-order valence-corrected chi connectivity index (χ2v) is 6.63. The Labute approximate surface area is 200 Å². The van der Waals surface area contributed by atoms with Gasteiger partial charge in [0.15, 0.2) is 5.96 Å². The molecule has 0 amide bonds. The van der Waals surface area contributed by atoms with Gasteiger partial charge in [0.2, 0.25) is 0 Å². The first-order valence-electron chi connectivity index (χ1n) is 9.72. The van der Waals surface area contributed by atoms with Crippen molar-refractivity contribution in [1.29, 1.82) is 0 Å². The molecule has 0 fully saturated rings. The van der Waals surface area contributed by atoms with Gasteiger partial charge in [-0.1, -0.05) is 42.5 Å². The fraction of sp³-hybridized carbons (Fsp3) is 0.208. The number of rotatable bonds is 9. The van der Waals surface area contributed by atoms with E-state index in [1.807, 2.05) is 66.7 Å². The van der Waals surface area contributed by atoms with Gasteiger partial charge in [-0.3, -0.25) is 4.99 Å². The molecule has 164 valence electrons. The Morgan fingerprint density at radius 1 is 0.871 bits per heavy atom. The van der Waals surface area contributed by atoms with Gasteiger partial charge in [-0.2, -0.15) is 0 Å². The summed E-state index contributed by atoms with van der Waals surface area (Å²) in [7, 11) is 3.22. The van der Waals surface area contributed by atoms with Crippen LogP contribution in [-0.2, 0) is 13.0 Å². The lowest BCUT2D eigenvalue weighted by Crippen LogP contribution is -2.23. The number of anilines is 1. The van der Waals surface area contributed by atoms with Crippen LogP contribution in [0.3, 0.4) is 0 Å². The summed E-state index contributed by atoms with van der Waals surface area (Å²) in [6.07, 6.45) is 0.750. The maximum atomic E-state index is 6.04. The zero-order chi connectivity index (χ0) is 21.2. The average molecular weight is 533 g/mol. The van der Waals surface area contributed by atoms with E-state index in [1.165, 1.54) is 0 Å². The lowest BCUT2D eigenvalue weighted by atomic mass is 10.1. The third kappa shape index (κ3) is 7.67. The zero-order valence-electron chi connectivity index (χ0n) is 17.7. The number of nitrogens with one attached hydrogen (secondary N) is 1. The third-order valence-electron chi connectivity index (χ3n) is 4.50. The quantitative estimate of drug-likeness (QED) is 0.233. The van der Waals surface area contributed by atoms with Gasteiger partial charge in [-0.25, -0.2) is 0 Å². The molecule has 0 atom stereocenters. The molecule has 0 aromatic heterocycles. The molecule has 0 bridgehead atoms. The molecule has 3 N–H and O–H groups in total. The first-order chi connectivity index (χ1) is 14.7. The number of benzene rings is 3. The van der Waals surface area contributed by atoms with Crippen LogP contribution in [0.15, 0.2) is 77.8 Å². The predicted octanol–water partition coefficient (Wildman–Crippen LogP) is 4.87. The zero-order valence-corrected chi connectivity index (χ0v) is 20.0. The molecule has 3 aromatic carbocycles. The first kappa shape index (κ1) is 24.3. The van der Waals surface area contributed by atoms with Crippen LogP contribution in [0, 0.1) is 0 Å². The molecule has 0 spiro atoms. The molecule has 3 aromatic rings. The Kier molecular flexibility index (Phi) is 9.96. The topological polar surface area (TPSA) is 78.1 Å². The Hall–Kier alpha value is -2.94. The number of guanidine groups is 1. The van der Waals surface area contributed by atoms with Crippen LogP contribution >= 0.6 is 24.0 Å². The molecule has 0 aliphatic rings. The van der Waals surface area contributed by atoms with Gasteiger partial charge in [0.1, 0.15) is 23.9 Å². The smallest absolute Gasteiger partial charge is 0.193 e. The highest BCUT2D eigenvalue weighted by atomic mass is 127. The maximum absolute atomic E-state index is 6.04. The molecule has 7 heteroatoms. The van der Waals surface area contributed by atoms with Crippen molar-refractivity contribution in [3.63, 3.8) is 0 Å². The van der Waals surface area contributed by atoms with E-state index in [1.54, 1.807) is 14.2 Å². The number of halogens is 1. The van der Waals surface area contributed by atoms with E-state index in [0.29, 0.717) is 36.3 Å². The highest BCUT2D eigenvalue weighted by molar-refractivity contribution is 14.0. The molecule has 31 heavy (non-hydrogen) atoms. The van der Waals surface area contributed by atoms with Crippen molar-refractivity contribution in [2.24, 2.45) is 10.7 Å². The van der Waals surface area contributed by atoms with Gasteiger partial charge in [-0.15, -0.1) is 24.0 Å². The molecule has 3 rings (SSSR count). The SMILES string of the molecule is COc1ccc(OC)c(NC(N)=NCCc2cccc(OCc3ccccc3)c2)c1.I. The first-order valence-corrected chi connectivity index (χ1v) is 9.72. The van der Waals surface area contributed by atoms with Crippen LogP contribution in [0.25, 0.3) is 0 Å². The summed E-state index contributed by atoms with van der Waals surface area (Å²) in [5, 5.41) is 3.07. The van der Waals surface area contributed by atoms with E-state index in [2.05, 4.69) is 16.4 Å². The number of methoxy groups -OCH3 is 2. The van der Waals surface area contributed by atoms with Crippen LogP contribution in [0.4, 0.5) is 5.69 Å². The van der Waals surface area contributed by atoms with Crippen molar-refractivity contribution < 1.29 is 14.2 Å². The van der Waals surface area contributed by atoms with E-state index < -0.39 is 0 Å². The van der Waals surface area contributed by atoms with Crippen molar-refractivity contribution in [3.8, 4) is 17.2 Å². The van der Waals surface area contributed by atoms with Crippen molar-refractivity contribution >= 4 is 35.6 Å². The van der Waals surface area contributed by atoms with E-state index in [-0.39, 0.29) is 24.0 Å². The summed E-state index contributed by atoms with van der Waals surface area (Å²) < 4.78 is 16.5. The molecule has 0 radical (unpaired) electrons. The Bertz CT molecular complexity index is 981. The van der Waals surface area contributed by atoms with E-state index >= 15 is 0 Å². The van der Waals surface area contributed by atoms with Gasteiger partial charge in [0.25, 0.3) is 0 Å². The average Bonchev–Trinajstić information content (AvgIpc) is 2.78. The number of nitrogens with two attached hydrogens (primary N) is 1. The largest absolute Gasteiger partial charge is 0.497 e. The number of hydrogen-bond donors (Lipinski definition) is 2. The lowest BCUT2D eigenvalue weighted by molar-refractivity contribution is 0.306. The molecule has 0 heterocycles. The fourth-order valence-corrected chi connectivity index (χ4v) is 2.93. The minimum Gasteiger partial charge on any atom is -0.497 e. The van der Waals surface area contributed by atoms with Crippen molar-refractivity contribution in [3.05, 3.63) is 83.9 Å². The predicted molar refractivity (Wildman–Crippen MR) is 136 cm³/mol. The summed E-state index contributed by atoms with van der Waals surface area (Å²) in [6.45, 7) is 1.09. The van der Waals surface area contributed by atoms with E-state index in [9.17, 15) is 0 Å². The fourth-order valence-electron chi connectivity index (χ4n) is 2.93. The molecule has 0 saturated carbocycles.